The van der Waals surface area contributed by atoms with Crippen molar-refractivity contribution in [1.82, 2.24) is 0 Å². The Kier molecular flexibility index (Phi) is 3.08. The molecular formula is C13H11Br2N. The molecule has 0 radical (unpaired) electrons. The maximum absolute atomic E-state index is 6.01. The van der Waals surface area contributed by atoms with Crippen LogP contribution in [0.1, 0.15) is 16.0 Å². The third-order valence-electron chi connectivity index (χ3n) is 2.92. The van der Waals surface area contributed by atoms with Crippen molar-refractivity contribution in [2.24, 2.45) is 0 Å². The number of halogens is 2. The van der Waals surface area contributed by atoms with Crippen molar-refractivity contribution in [2.45, 2.75) is 4.83 Å². The lowest BCUT2D eigenvalue weighted by Gasteiger charge is -2.06. The molecule has 2 aromatic carbocycles. The van der Waals surface area contributed by atoms with Gasteiger partial charge in [-0.15, -0.1) is 17.0 Å². The lowest BCUT2D eigenvalue weighted by Crippen LogP contribution is -1.93. The lowest BCUT2D eigenvalue weighted by molar-refractivity contribution is 1.25. The second-order valence-corrected chi connectivity index (χ2v) is 4.67. The third-order valence-corrected chi connectivity index (χ3v) is 3.87. The Morgan fingerprint density at radius 3 is 2.44 bits per heavy atom. The molecule has 1 aliphatic rings. The second-order valence-electron chi connectivity index (χ2n) is 3.76. The second kappa shape index (κ2) is 4.22. The molecule has 2 N–H and O–H groups in total. The van der Waals surface area contributed by atoms with Gasteiger partial charge in [0, 0.05) is 11.3 Å². The van der Waals surface area contributed by atoms with E-state index in [1.54, 1.807) is 0 Å². The Balaban J connectivity index is 0.000000963. The van der Waals surface area contributed by atoms with Crippen LogP contribution in [0, 0.1) is 0 Å². The molecule has 0 saturated heterocycles. The van der Waals surface area contributed by atoms with E-state index < -0.39 is 0 Å². The molecule has 16 heavy (non-hydrogen) atoms. The summed E-state index contributed by atoms with van der Waals surface area (Å²) in [4.78, 5) is 0.241. The minimum Gasteiger partial charge on any atom is -0.398 e. The number of nitrogens with two attached hydrogens (primary N) is 1. The first-order valence-corrected chi connectivity index (χ1v) is 5.82. The van der Waals surface area contributed by atoms with Crippen LogP contribution in [0.2, 0.25) is 0 Å². The zero-order chi connectivity index (χ0) is 10.4. The summed E-state index contributed by atoms with van der Waals surface area (Å²) in [7, 11) is 0. The van der Waals surface area contributed by atoms with E-state index in [2.05, 4.69) is 46.3 Å². The van der Waals surface area contributed by atoms with Gasteiger partial charge in [0.2, 0.25) is 0 Å². The van der Waals surface area contributed by atoms with E-state index in [-0.39, 0.29) is 21.8 Å². The van der Waals surface area contributed by atoms with Crippen molar-refractivity contribution < 1.29 is 0 Å². The van der Waals surface area contributed by atoms with Crippen molar-refractivity contribution >= 4 is 38.6 Å². The molecule has 0 saturated carbocycles. The quantitative estimate of drug-likeness (QED) is 0.561. The molecule has 0 amide bonds. The van der Waals surface area contributed by atoms with E-state index >= 15 is 0 Å². The molecule has 1 unspecified atom stereocenters. The first kappa shape index (κ1) is 11.7. The zero-order valence-corrected chi connectivity index (χ0v) is 11.8. The topological polar surface area (TPSA) is 26.0 Å². The summed E-state index contributed by atoms with van der Waals surface area (Å²) >= 11 is 3.71. The highest BCUT2D eigenvalue weighted by atomic mass is 79.9. The smallest absolute Gasteiger partial charge is 0.0676 e. The Morgan fingerprint density at radius 2 is 1.62 bits per heavy atom. The molecule has 0 heterocycles. The van der Waals surface area contributed by atoms with Crippen LogP contribution in [0.25, 0.3) is 11.1 Å². The monoisotopic (exact) mass is 339 g/mol. The molecule has 3 rings (SSSR count). The van der Waals surface area contributed by atoms with Crippen LogP contribution in [0.5, 0.6) is 0 Å². The highest BCUT2D eigenvalue weighted by Crippen LogP contribution is 2.49. The Hall–Kier alpha value is -0.800. The average Bonchev–Trinajstić information content (AvgIpc) is 2.55. The number of alkyl halides is 1. The fraction of sp³-hybridized carbons (Fsp3) is 0.0769. The molecule has 0 aliphatic heterocycles. The number of hydrogen-bond donors (Lipinski definition) is 1. The van der Waals surface area contributed by atoms with E-state index in [0.29, 0.717) is 0 Å². The predicted octanol–water partition coefficient (Wildman–Crippen LogP) is 4.31. The summed E-state index contributed by atoms with van der Waals surface area (Å²) in [6, 6.07) is 14.5. The standard InChI is InChI=1S/C13H10BrN.BrH/c14-13-10-5-2-1-4-8(10)9-6-3-7-11(15)12(9)13;/h1-7,13H,15H2;1H. The van der Waals surface area contributed by atoms with Gasteiger partial charge >= 0.3 is 0 Å². The Morgan fingerprint density at radius 1 is 0.938 bits per heavy atom. The van der Waals surface area contributed by atoms with Gasteiger partial charge in [0.1, 0.15) is 0 Å². The molecule has 0 aromatic heterocycles. The van der Waals surface area contributed by atoms with Crippen LogP contribution >= 0.6 is 32.9 Å². The molecule has 0 fully saturated rings. The van der Waals surface area contributed by atoms with Gasteiger partial charge in [0.25, 0.3) is 0 Å². The van der Waals surface area contributed by atoms with Gasteiger partial charge in [-0.2, -0.15) is 0 Å². The minimum atomic E-state index is 0. The third kappa shape index (κ3) is 1.50. The molecule has 1 aliphatic carbocycles. The zero-order valence-electron chi connectivity index (χ0n) is 8.48. The van der Waals surface area contributed by atoms with Gasteiger partial charge in [-0.1, -0.05) is 52.3 Å². The summed E-state index contributed by atoms with van der Waals surface area (Å²) < 4.78 is 0. The summed E-state index contributed by atoms with van der Waals surface area (Å²) in [6.45, 7) is 0. The maximum Gasteiger partial charge on any atom is 0.0676 e. The summed E-state index contributed by atoms with van der Waals surface area (Å²) in [6.07, 6.45) is 0. The van der Waals surface area contributed by atoms with Gasteiger partial charge < -0.3 is 5.73 Å². The Labute approximate surface area is 114 Å². The van der Waals surface area contributed by atoms with E-state index in [4.69, 9.17) is 5.73 Å². The van der Waals surface area contributed by atoms with Gasteiger partial charge in [0.05, 0.1) is 4.83 Å². The molecular weight excluding hydrogens is 330 g/mol. The first-order valence-electron chi connectivity index (χ1n) is 4.91. The van der Waals surface area contributed by atoms with Crippen molar-refractivity contribution in [2.75, 3.05) is 5.73 Å². The molecule has 1 atom stereocenters. The fourth-order valence-corrected chi connectivity index (χ4v) is 3.13. The maximum atomic E-state index is 6.01. The molecule has 82 valence electrons. The number of nitrogen functional groups attached to an aromatic ring is 1. The average molecular weight is 341 g/mol. The SMILES string of the molecule is Br.Nc1cccc2c1C(Br)c1ccccc1-2. The van der Waals surface area contributed by atoms with Gasteiger partial charge in [0.15, 0.2) is 0 Å². The van der Waals surface area contributed by atoms with Crippen LogP contribution in [0.15, 0.2) is 42.5 Å². The fourth-order valence-electron chi connectivity index (χ4n) is 2.22. The van der Waals surface area contributed by atoms with Crippen molar-refractivity contribution in [3.8, 4) is 11.1 Å². The predicted molar refractivity (Wildman–Crippen MR) is 77.4 cm³/mol. The highest BCUT2D eigenvalue weighted by Gasteiger charge is 2.27. The molecule has 0 bridgehead atoms. The number of anilines is 1. The van der Waals surface area contributed by atoms with Crippen LogP contribution in [-0.4, -0.2) is 0 Å². The number of hydrogen-bond acceptors (Lipinski definition) is 1. The summed E-state index contributed by atoms with van der Waals surface area (Å²) in [5.41, 5.74) is 11.9. The molecule has 2 aromatic rings. The number of fused-ring (bicyclic) bond motifs is 3. The van der Waals surface area contributed by atoms with Crippen molar-refractivity contribution in [3.63, 3.8) is 0 Å². The Bertz CT molecular complexity index is 537. The molecule has 0 spiro atoms. The normalized spacial score (nSPS) is 16.2. The highest BCUT2D eigenvalue weighted by molar-refractivity contribution is 9.09. The van der Waals surface area contributed by atoms with Crippen LogP contribution < -0.4 is 5.73 Å². The first-order chi connectivity index (χ1) is 7.29. The lowest BCUT2D eigenvalue weighted by atomic mass is 10.1. The van der Waals surface area contributed by atoms with Crippen LogP contribution in [0.4, 0.5) is 5.69 Å². The van der Waals surface area contributed by atoms with Crippen LogP contribution in [0.3, 0.4) is 0 Å². The van der Waals surface area contributed by atoms with Gasteiger partial charge in [-0.3, -0.25) is 0 Å². The molecule has 3 heteroatoms. The minimum absolute atomic E-state index is 0. The summed E-state index contributed by atoms with van der Waals surface area (Å²) in [5, 5.41) is 0. The largest absolute Gasteiger partial charge is 0.398 e. The van der Waals surface area contributed by atoms with Crippen molar-refractivity contribution in [3.05, 3.63) is 53.6 Å². The number of rotatable bonds is 0. The van der Waals surface area contributed by atoms with Crippen molar-refractivity contribution in [1.29, 1.82) is 0 Å². The van der Waals surface area contributed by atoms with Crippen LogP contribution in [-0.2, 0) is 0 Å². The van der Waals surface area contributed by atoms with Gasteiger partial charge in [-0.05, 0) is 22.8 Å². The summed E-state index contributed by atoms with van der Waals surface area (Å²) in [5.74, 6) is 0. The van der Waals surface area contributed by atoms with E-state index in [9.17, 15) is 0 Å². The number of benzene rings is 2. The van der Waals surface area contributed by atoms with E-state index in [1.165, 1.54) is 22.3 Å². The van der Waals surface area contributed by atoms with E-state index in [1.807, 2.05) is 12.1 Å². The van der Waals surface area contributed by atoms with E-state index in [0.717, 1.165) is 5.69 Å². The molecule has 1 nitrogen and oxygen atoms in total. The van der Waals surface area contributed by atoms with Gasteiger partial charge in [-0.25, -0.2) is 0 Å².